The first kappa shape index (κ1) is 20.0. The monoisotopic (exact) mass is 364 g/mol. The van der Waals surface area contributed by atoms with Crippen molar-refractivity contribution in [2.24, 2.45) is 0 Å². The minimum atomic E-state index is -0.583. The number of piperidine rings is 1. The van der Waals surface area contributed by atoms with Crippen molar-refractivity contribution in [3.8, 4) is 0 Å². The van der Waals surface area contributed by atoms with E-state index in [4.69, 9.17) is 9.47 Å². The zero-order chi connectivity index (χ0) is 19.2. The van der Waals surface area contributed by atoms with Gasteiger partial charge in [0.25, 0.3) is 0 Å². The highest BCUT2D eigenvalue weighted by atomic mass is 16.6. The number of aliphatic hydroxyl groups is 1. The molecule has 2 atom stereocenters. The van der Waals surface area contributed by atoms with Gasteiger partial charge in [-0.3, -0.25) is 0 Å². The fraction of sp³-hybridized carbons (Fsp3) is 0.579. The Kier molecular flexibility index (Phi) is 6.85. The first-order valence-corrected chi connectivity index (χ1v) is 8.86. The molecule has 1 aromatic carbocycles. The van der Waals surface area contributed by atoms with E-state index in [0.29, 0.717) is 12.8 Å². The number of alkyl carbamates (subject to hydrolysis) is 1. The van der Waals surface area contributed by atoms with Gasteiger partial charge in [0.1, 0.15) is 12.2 Å². The average Bonchev–Trinajstić information content (AvgIpc) is 2.58. The van der Waals surface area contributed by atoms with Gasteiger partial charge in [0, 0.05) is 12.6 Å². The number of nitrogens with one attached hydrogen (secondary N) is 1. The van der Waals surface area contributed by atoms with E-state index in [1.165, 1.54) is 4.90 Å². The van der Waals surface area contributed by atoms with Crippen molar-refractivity contribution in [1.82, 2.24) is 10.2 Å². The molecule has 1 aliphatic rings. The number of hydrogen-bond acceptors (Lipinski definition) is 5. The Morgan fingerprint density at radius 2 is 1.92 bits per heavy atom. The topological polar surface area (TPSA) is 88.1 Å². The first-order valence-electron chi connectivity index (χ1n) is 8.86. The molecule has 7 heteroatoms. The van der Waals surface area contributed by atoms with Crippen molar-refractivity contribution in [2.75, 3.05) is 13.2 Å². The molecule has 7 nitrogen and oxygen atoms in total. The summed E-state index contributed by atoms with van der Waals surface area (Å²) >= 11 is 0. The molecule has 144 valence electrons. The number of benzene rings is 1. The average molecular weight is 364 g/mol. The second-order valence-electron chi connectivity index (χ2n) is 7.45. The van der Waals surface area contributed by atoms with Crippen molar-refractivity contribution < 1.29 is 24.2 Å². The molecule has 0 radical (unpaired) electrons. The second kappa shape index (κ2) is 8.89. The predicted molar refractivity (Wildman–Crippen MR) is 96.6 cm³/mol. The van der Waals surface area contributed by atoms with E-state index in [1.807, 2.05) is 30.3 Å². The Morgan fingerprint density at radius 3 is 2.54 bits per heavy atom. The summed E-state index contributed by atoms with van der Waals surface area (Å²) in [7, 11) is 0. The minimum absolute atomic E-state index is 0.139. The lowest BCUT2D eigenvalue weighted by Gasteiger charge is -2.38. The standard InChI is InChI=1S/C19H28N2O5/c1-19(2,3)26-17(23)20-15-9-10-16(12-22)21(11-15)18(24)25-13-14-7-5-4-6-8-14/h4-8,15-16,22H,9-13H2,1-3H3,(H,20,23)/t15-,16+/m0/s1. The molecule has 26 heavy (non-hydrogen) atoms. The molecule has 1 saturated heterocycles. The van der Waals surface area contributed by atoms with Crippen LogP contribution in [0.25, 0.3) is 0 Å². The lowest BCUT2D eigenvalue weighted by molar-refractivity contribution is 0.0302. The minimum Gasteiger partial charge on any atom is -0.445 e. The summed E-state index contributed by atoms with van der Waals surface area (Å²) in [6.45, 7) is 5.68. The number of carbonyl (C=O) groups is 2. The molecule has 2 rings (SSSR count). The zero-order valence-corrected chi connectivity index (χ0v) is 15.6. The largest absolute Gasteiger partial charge is 0.445 e. The van der Waals surface area contributed by atoms with Gasteiger partial charge in [-0.15, -0.1) is 0 Å². The lowest BCUT2D eigenvalue weighted by atomic mass is 9.99. The van der Waals surface area contributed by atoms with Gasteiger partial charge in [-0.25, -0.2) is 9.59 Å². The van der Waals surface area contributed by atoms with E-state index in [9.17, 15) is 14.7 Å². The number of carbonyl (C=O) groups excluding carboxylic acids is 2. The molecule has 0 aromatic heterocycles. The summed E-state index contributed by atoms with van der Waals surface area (Å²) in [5, 5.41) is 12.3. The number of aliphatic hydroxyl groups excluding tert-OH is 1. The Morgan fingerprint density at radius 1 is 1.23 bits per heavy atom. The Hall–Kier alpha value is -2.28. The molecular formula is C19H28N2O5. The van der Waals surface area contributed by atoms with Crippen LogP contribution in [0.4, 0.5) is 9.59 Å². The van der Waals surface area contributed by atoms with Crippen LogP contribution in [-0.4, -0.2) is 53.0 Å². The molecule has 1 fully saturated rings. The molecule has 1 aliphatic heterocycles. The first-order chi connectivity index (χ1) is 12.3. The van der Waals surface area contributed by atoms with Gasteiger partial charge in [-0.1, -0.05) is 30.3 Å². The van der Waals surface area contributed by atoms with E-state index in [0.717, 1.165) is 5.56 Å². The molecule has 1 aromatic rings. The summed E-state index contributed by atoms with van der Waals surface area (Å²) < 4.78 is 10.6. The smallest absolute Gasteiger partial charge is 0.410 e. The Labute approximate surface area is 154 Å². The van der Waals surface area contributed by atoms with Crippen LogP contribution in [0.1, 0.15) is 39.2 Å². The molecule has 1 heterocycles. The van der Waals surface area contributed by atoms with Crippen LogP contribution in [0.3, 0.4) is 0 Å². The normalized spacial score (nSPS) is 20.4. The van der Waals surface area contributed by atoms with Crippen molar-refractivity contribution in [3.05, 3.63) is 35.9 Å². The second-order valence-corrected chi connectivity index (χ2v) is 7.45. The van der Waals surface area contributed by atoms with E-state index in [-0.39, 0.29) is 31.8 Å². The number of ether oxygens (including phenoxy) is 2. The van der Waals surface area contributed by atoms with Crippen LogP contribution in [0, 0.1) is 0 Å². The highest BCUT2D eigenvalue weighted by molar-refractivity contribution is 5.70. The Balaban J connectivity index is 1.91. The number of hydrogen-bond donors (Lipinski definition) is 2. The third-order valence-corrected chi connectivity index (χ3v) is 4.08. The third-order valence-electron chi connectivity index (χ3n) is 4.08. The maximum absolute atomic E-state index is 12.4. The van der Waals surface area contributed by atoms with Crippen molar-refractivity contribution in [3.63, 3.8) is 0 Å². The summed E-state index contributed by atoms with van der Waals surface area (Å²) in [4.78, 5) is 25.9. The lowest BCUT2D eigenvalue weighted by Crippen LogP contribution is -2.55. The van der Waals surface area contributed by atoms with Gasteiger partial charge in [0.15, 0.2) is 0 Å². The van der Waals surface area contributed by atoms with Gasteiger partial charge < -0.3 is 24.8 Å². The maximum atomic E-state index is 12.4. The van der Waals surface area contributed by atoms with Crippen LogP contribution < -0.4 is 5.32 Å². The summed E-state index contributed by atoms with van der Waals surface area (Å²) in [6.07, 6.45) is 0.232. The molecule has 0 unspecified atom stereocenters. The van der Waals surface area contributed by atoms with Crippen LogP contribution in [-0.2, 0) is 16.1 Å². The Bertz CT molecular complexity index is 600. The van der Waals surface area contributed by atoms with Crippen LogP contribution in [0.15, 0.2) is 30.3 Å². The van der Waals surface area contributed by atoms with Crippen LogP contribution in [0.5, 0.6) is 0 Å². The number of rotatable bonds is 4. The van der Waals surface area contributed by atoms with E-state index < -0.39 is 17.8 Å². The molecular weight excluding hydrogens is 336 g/mol. The fourth-order valence-electron chi connectivity index (χ4n) is 2.83. The van der Waals surface area contributed by atoms with Crippen LogP contribution in [0.2, 0.25) is 0 Å². The molecule has 0 bridgehead atoms. The van der Waals surface area contributed by atoms with Gasteiger partial charge in [-0.2, -0.15) is 0 Å². The quantitative estimate of drug-likeness (QED) is 0.858. The highest BCUT2D eigenvalue weighted by Gasteiger charge is 2.33. The molecule has 0 spiro atoms. The van der Waals surface area contributed by atoms with Gasteiger partial charge in [0.05, 0.1) is 12.6 Å². The number of likely N-dealkylation sites (tertiary alicyclic amines) is 1. The van der Waals surface area contributed by atoms with Crippen molar-refractivity contribution >= 4 is 12.2 Å². The van der Waals surface area contributed by atoms with Crippen molar-refractivity contribution in [1.29, 1.82) is 0 Å². The van der Waals surface area contributed by atoms with Gasteiger partial charge in [0.2, 0.25) is 0 Å². The zero-order valence-electron chi connectivity index (χ0n) is 15.6. The van der Waals surface area contributed by atoms with Crippen molar-refractivity contribution in [2.45, 2.75) is 57.9 Å². The van der Waals surface area contributed by atoms with Crippen LogP contribution >= 0.6 is 0 Å². The molecule has 2 N–H and O–H groups in total. The summed E-state index contributed by atoms with van der Waals surface area (Å²) in [5.41, 5.74) is 0.308. The van der Waals surface area contributed by atoms with E-state index in [1.54, 1.807) is 20.8 Å². The van der Waals surface area contributed by atoms with E-state index in [2.05, 4.69) is 5.32 Å². The summed E-state index contributed by atoms with van der Waals surface area (Å²) in [5.74, 6) is 0. The molecule has 0 aliphatic carbocycles. The van der Waals surface area contributed by atoms with Gasteiger partial charge in [-0.05, 0) is 39.2 Å². The number of nitrogens with zero attached hydrogens (tertiary/aromatic N) is 1. The fourth-order valence-corrected chi connectivity index (χ4v) is 2.83. The highest BCUT2D eigenvalue weighted by Crippen LogP contribution is 2.19. The van der Waals surface area contributed by atoms with E-state index >= 15 is 0 Å². The maximum Gasteiger partial charge on any atom is 0.410 e. The third kappa shape index (κ3) is 6.22. The SMILES string of the molecule is CC(C)(C)OC(=O)N[C@H]1CC[C@H](CO)N(C(=O)OCc2ccccc2)C1. The molecule has 0 saturated carbocycles. The molecule has 2 amide bonds. The predicted octanol–water partition coefficient (Wildman–Crippen LogP) is 2.67. The summed E-state index contributed by atoms with van der Waals surface area (Å²) in [6, 6.07) is 8.85. The number of amides is 2. The van der Waals surface area contributed by atoms with Gasteiger partial charge >= 0.3 is 12.2 Å².